The molecule has 3 rings (SSSR count). The molecule has 16 heavy (non-hydrogen) atoms. The van der Waals surface area contributed by atoms with Crippen LogP contribution in [-0.4, -0.2) is 0 Å². The second-order valence-corrected chi connectivity index (χ2v) is 4.59. The van der Waals surface area contributed by atoms with Crippen molar-refractivity contribution in [3.05, 3.63) is 59.0 Å². The van der Waals surface area contributed by atoms with Gasteiger partial charge >= 0.3 is 0 Å². The molecule has 0 saturated carbocycles. The minimum atomic E-state index is 0.471. The molecule has 0 amide bonds. The summed E-state index contributed by atoms with van der Waals surface area (Å²) in [6.45, 7) is 2.01. The Hall–Kier alpha value is -1.50. The van der Waals surface area contributed by atoms with E-state index >= 15 is 0 Å². The van der Waals surface area contributed by atoms with Crippen LogP contribution in [0.1, 0.15) is 41.4 Å². The molecule has 0 radical (unpaired) electrons. The van der Waals surface area contributed by atoms with E-state index in [1.165, 1.54) is 30.4 Å². The van der Waals surface area contributed by atoms with Crippen LogP contribution in [0.25, 0.3) is 0 Å². The van der Waals surface area contributed by atoms with Crippen LogP contribution in [0.2, 0.25) is 0 Å². The fourth-order valence-corrected chi connectivity index (χ4v) is 2.69. The van der Waals surface area contributed by atoms with Crippen LogP contribution in [0.4, 0.5) is 0 Å². The molecular formula is C15H16O. The smallest absolute Gasteiger partial charge is 0.111 e. The predicted molar refractivity (Wildman–Crippen MR) is 64.7 cm³/mol. The molecular weight excluding hydrogens is 196 g/mol. The van der Waals surface area contributed by atoms with Gasteiger partial charge in [0, 0.05) is 5.92 Å². The number of fused-ring (bicyclic) bond motifs is 1. The molecule has 1 aliphatic rings. The van der Waals surface area contributed by atoms with Crippen LogP contribution in [0.15, 0.2) is 40.8 Å². The molecule has 0 fully saturated rings. The van der Waals surface area contributed by atoms with Crippen LogP contribution in [0, 0.1) is 6.92 Å². The molecule has 1 heteroatoms. The van der Waals surface area contributed by atoms with E-state index in [0.717, 1.165) is 11.5 Å². The summed E-state index contributed by atoms with van der Waals surface area (Å²) in [6.07, 6.45) is 3.69. The van der Waals surface area contributed by atoms with E-state index in [-0.39, 0.29) is 0 Å². The third-order valence-electron chi connectivity index (χ3n) is 3.47. The zero-order valence-electron chi connectivity index (χ0n) is 9.57. The van der Waals surface area contributed by atoms with Crippen molar-refractivity contribution in [1.82, 2.24) is 0 Å². The molecule has 0 saturated heterocycles. The van der Waals surface area contributed by atoms with Crippen LogP contribution in [0.3, 0.4) is 0 Å². The lowest BCUT2D eigenvalue weighted by Crippen LogP contribution is -2.10. The first-order chi connectivity index (χ1) is 7.84. The van der Waals surface area contributed by atoms with Crippen molar-refractivity contribution < 1.29 is 4.42 Å². The monoisotopic (exact) mass is 212 g/mol. The first-order valence-corrected chi connectivity index (χ1v) is 5.99. The van der Waals surface area contributed by atoms with Gasteiger partial charge in [-0.25, -0.2) is 0 Å². The van der Waals surface area contributed by atoms with Crippen molar-refractivity contribution in [1.29, 1.82) is 0 Å². The number of furan rings is 1. The molecule has 1 nitrogen and oxygen atoms in total. The molecule has 1 aliphatic carbocycles. The zero-order chi connectivity index (χ0) is 11.0. The average Bonchev–Trinajstić information content (AvgIpc) is 2.75. The van der Waals surface area contributed by atoms with Crippen molar-refractivity contribution in [3.8, 4) is 0 Å². The van der Waals surface area contributed by atoms with Gasteiger partial charge in [-0.15, -0.1) is 0 Å². The largest absolute Gasteiger partial charge is 0.466 e. The minimum Gasteiger partial charge on any atom is -0.466 e. The van der Waals surface area contributed by atoms with E-state index in [1.807, 2.05) is 6.92 Å². The molecule has 82 valence electrons. The van der Waals surface area contributed by atoms with Crippen molar-refractivity contribution in [3.63, 3.8) is 0 Å². The lowest BCUT2D eigenvalue weighted by Gasteiger charge is -2.23. The summed E-state index contributed by atoms with van der Waals surface area (Å²) >= 11 is 0. The normalized spacial score (nSPS) is 19.4. The second kappa shape index (κ2) is 3.82. The van der Waals surface area contributed by atoms with Gasteiger partial charge in [-0.3, -0.25) is 0 Å². The number of hydrogen-bond acceptors (Lipinski definition) is 1. The van der Waals surface area contributed by atoms with Crippen LogP contribution in [0.5, 0.6) is 0 Å². The van der Waals surface area contributed by atoms with Gasteiger partial charge in [0.05, 0.1) is 0 Å². The highest BCUT2D eigenvalue weighted by Gasteiger charge is 2.23. The van der Waals surface area contributed by atoms with E-state index in [4.69, 9.17) is 4.42 Å². The molecule has 1 aromatic heterocycles. The third kappa shape index (κ3) is 1.57. The van der Waals surface area contributed by atoms with Gasteiger partial charge in [-0.2, -0.15) is 0 Å². The molecule has 1 unspecified atom stereocenters. The quantitative estimate of drug-likeness (QED) is 0.695. The Labute approximate surface area is 96.1 Å². The fourth-order valence-electron chi connectivity index (χ4n) is 2.69. The number of rotatable bonds is 1. The topological polar surface area (TPSA) is 13.1 Å². The third-order valence-corrected chi connectivity index (χ3v) is 3.47. The van der Waals surface area contributed by atoms with Crippen LogP contribution >= 0.6 is 0 Å². The molecule has 1 aromatic carbocycles. The fraction of sp³-hybridized carbons (Fsp3) is 0.333. The zero-order valence-corrected chi connectivity index (χ0v) is 9.57. The van der Waals surface area contributed by atoms with Gasteiger partial charge in [-0.1, -0.05) is 24.3 Å². The Morgan fingerprint density at radius 1 is 1.12 bits per heavy atom. The van der Waals surface area contributed by atoms with Gasteiger partial charge in [0.15, 0.2) is 0 Å². The minimum absolute atomic E-state index is 0.471. The van der Waals surface area contributed by atoms with Crippen molar-refractivity contribution >= 4 is 0 Å². The van der Waals surface area contributed by atoms with Gasteiger partial charge < -0.3 is 4.42 Å². The summed E-state index contributed by atoms with van der Waals surface area (Å²) in [5, 5.41) is 0. The van der Waals surface area contributed by atoms with Gasteiger partial charge in [-0.05, 0) is 49.4 Å². The van der Waals surface area contributed by atoms with Gasteiger partial charge in [0.25, 0.3) is 0 Å². The second-order valence-electron chi connectivity index (χ2n) is 4.59. The summed E-state index contributed by atoms with van der Waals surface area (Å²) < 4.78 is 5.78. The van der Waals surface area contributed by atoms with E-state index < -0.39 is 0 Å². The molecule has 1 heterocycles. The van der Waals surface area contributed by atoms with E-state index in [2.05, 4.69) is 36.4 Å². The molecule has 0 bridgehead atoms. The molecule has 1 atom stereocenters. The maximum atomic E-state index is 5.78. The Morgan fingerprint density at radius 2 is 2.00 bits per heavy atom. The highest BCUT2D eigenvalue weighted by molar-refractivity contribution is 5.37. The van der Waals surface area contributed by atoms with E-state index in [1.54, 1.807) is 0 Å². The Morgan fingerprint density at radius 3 is 2.81 bits per heavy atom. The highest BCUT2D eigenvalue weighted by Crippen LogP contribution is 2.36. The maximum Gasteiger partial charge on any atom is 0.111 e. The lowest BCUT2D eigenvalue weighted by molar-refractivity contribution is 0.440. The molecule has 2 aromatic rings. The standard InChI is InChI=1S/C15H16O/c1-11-9-10-15(16-11)14-8-4-6-12-5-2-3-7-13(12)14/h2-3,5,7,9-10,14H,4,6,8H2,1H3. The van der Waals surface area contributed by atoms with Crippen LogP contribution in [-0.2, 0) is 6.42 Å². The van der Waals surface area contributed by atoms with Crippen molar-refractivity contribution in [2.24, 2.45) is 0 Å². The van der Waals surface area contributed by atoms with Crippen molar-refractivity contribution in [2.75, 3.05) is 0 Å². The summed E-state index contributed by atoms with van der Waals surface area (Å²) in [6, 6.07) is 12.9. The number of hydrogen-bond donors (Lipinski definition) is 0. The summed E-state index contributed by atoms with van der Waals surface area (Å²) in [7, 11) is 0. The SMILES string of the molecule is Cc1ccc(C2CCCc3ccccc32)o1. The highest BCUT2D eigenvalue weighted by atomic mass is 16.3. The molecule has 0 spiro atoms. The van der Waals surface area contributed by atoms with Crippen LogP contribution < -0.4 is 0 Å². The first-order valence-electron chi connectivity index (χ1n) is 5.99. The maximum absolute atomic E-state index is 5.78. The van der Waals surface area contributed by atoms with E-state index in [9.17, 15) is 0 Å². The first kappa shape index (κ1) is 9.71. The van der Waals surface area contributed by atoms with Crippen molar-refractivity contribution in [2.45, 2.75) is 32.1 Å². The molecule has 0 N–H and O–H groups in total. The summed E-state index contributed by atoms with van der Waals surface area (Å²) in [4.78, 5) is 0. The summed E-state index contributed by atoms with van der Waals surface area (Å²) in [5.41, 5.74) is 2.95. The predicted octanol–water partition coefficient (Wildman–Crippen LogP) is 4.06. The van der Waals surface area contributed by atoms with Gasteiger partial charge in [0.2, 0.25) is 0 Å². The summed E-state index contributed by atoms with van der Waals surface area (Å²) in [5.74, 6) is 2.61. The number of benzene rings is 1. The molecule has 0 aliphatic heterocycles. The average molecular weight is 212 g/mol. The Balaban J connectivity index is 2.04. The van der Waals surface area contributed by atoms with Gasteiger partial charge in [0.1, 0.15) is 11.5 Å². The lowest BCUT2D eigenvalue weighted by atomic mass is 9.81. The Bertz CT molecular complexity index is 496. The number of aryl methyl sites for hydroxylation is 2. The van der Waals surface area contributed by atoms with E-state index in [0.29, 0.717) is 5.92 Å². The Kier molecular flexibility index (Phi) is 2.32.